The fourth-order valence-electron chi connectivity index (χ4n) is 4.00. The van der Waals surface area contributed by atoms with Gasteiger partial charge in [0.25, 0.3) is 0 Å². The molecule has 0 amide bonds. The van der Waals surface area contributed by atoms with Gasteiger partial charge in [-0.1, -0.05) is 54.6 Å². The normalized spacial score (nSPS) is 16.9. The Balaban J connectivity index is 1.42. The van der Waals surface area contributed by atoms with E-state index in [1.165, 1.54) is 19.4 Å². The second-order valence-electron chi connectivity index (χ2n) is 7.66. The van der Waals surface area contributed by atoms with Gasteiger partial charge in [0.15, 0.2) is 5.78 Å². The van der Waals surface area contributed by atoms with Crippen molar-refractivity contribution in [3.05, 3.63) is 88.5 Å². The Morgan fingerprint density at radius 1 is 1.10 bits per heavy atom. The molecular formula is C25H25NO4. The van der Waals surface area contributed by atoms with Gasteiger partial charge in [0, 0.05) is 24.1 Å². The highest BCUT2D eigenvalue weighted by atomic mass is 16.5. The lowest BCUT2D eigenvalue weighted by Gasteiger charge is -2.31. The number of Topliss-reactive ketones (excluding diaryl/α,β-unsaturated/α-hetero) is 1. The number of nitrogens with zero attached hydrogens (tertiary/aromatic N) is 1. The lowest BCUT2D eigenvalue weighted by Crippen LogP contribution is -2.38. The van der Waals surface area contributed by atoms with E-state index in [1.54, 1.807) is 0 Å². The van der Waals surface area contributed by atoms with E-state index in [4.69, 9.17) is 9.15 Å². The van der Waals surface area contributed by atoms with Crippen LogP contribution in [-0.2, 0) is 6.54 Å². The minimum absolute atomic E-state index is 0.0497. The van der Waals surface area contributed by atoms with Crippen LogP contribution in [0.15, 0.2) is 76.1 Å². The smallest absolute Gasteiger partial charge is 0.227 e. The topological polar surface area (TPSA) is 59.8 Å². The molecule has 1 aliphatic heterocycles. The van der Waals surface area contributed by atoms with Crippen molar-refractivity contribution in [2.75, 3.05) is 20.2 Å². The summed E-state index contributed by atoms with van der Waals surface area (Å²) in [5, 5.41) is 0. The molecule has 0 N–H and O–H groups in total. The second kappa shape index (κ2) is 9.09. The molecule has 3 aromatic rings. The first-order chi connectivity index (χ1) is 14.6. The van der Waals surface area contributed by atoms with E-state index < -0.39 is 0 Å². The number of ketones is 1. The third-order valence-electron chi connectivity index (χ3n) is 5.60. The SMILES string of the molecule is COc1coc(CN2CCC[C@H](C(=O)c3ccc(-c4ccccc4)cc3)C2)cc1=O. The molecule has 5 nitrogen and oxygen atoms in total. The van der Waals surface area contributed by atoms with Gasteiger partial charge in [0.1, 0.15) is 12.0 Å². The summed E-state index contributed by atoms with van der Waals surface area (Å²) in [6, 6.07) is 19.5. The molecule has 0 radical (unpaired) electrons. The maximum atomic E-state index is 13.1. The number of hydrogen-bond acceptors (Lipinski definition) is 5. The molecule has 154 valence electrons. The fraction of sp³-hybridized carbons (Fsp3) is 0.280. The predicted molar refractivity (Wildman–Crippen MR) is 116 cm³/mol. The Morgan fingerprint density at radius 2 is 1.83 bits per heavy atom. The van der Waals surface area contributed by atoms with E-state index in [0.29, 0.717) is 18.8 Å². The molecule has 2 heterocycles. The lowest BCUT2D eigenvalue weighted by molar-refractivity contribution is 0.0801. The van der Waals surface area contributed by atoms with E-state index in [1.807, 2.05) is 42.5 Å². The molecule has 2 aromatic carbocycles. The average molecular weight is 403 g/mol. The number of piperidine rings is 1. The van der Waals surface area contributed by atoms with Crippen molar-refractivity contribution in [3.63, 3.8) is 0 Å². The Kier molecular flexibility index (Phi) is 6.10. The Morgan fingerprint density at radius 3 is 2.53 bits per heavy atom. The maximum absolute atomic E-state index is 13.1. The second-order valence-corrected chi connectivity index (χ2v) is 7.66. The number of carbonyl (C=O) groups is 1. The van der Waals surface area contributed by atoms with Crippen LogP contribution in [0, 0.1) is 5.92 Å². The summed E-state index contributed by atoms with van der Waals surface area (Å²) >= 11 is 0. The Bertz CT molecular complexity index is 1060. The molecule has 1 atom stereocenters. The van der Waals surface area contributed by atoms with Crippen molar-refractivity contribution in [3.8, 4) is 16.9 Å². The number of hydrogen-bond donors (Lipinski definition) is 0. The highest BCUT2D eigenvalue weighted by Gasteiger charge is 2.27. The molecule has 5 heteroatoms. The van der Waals surface area contributed by atoms with Crippen LogP contribution in [0.25, 0.3) is 11.1 Å². The summed E-state index contributed by atoms with van der Waals surface area (Å²) in [5.74, 6) is 0.910. The molecule has 0 spiro atoms. The first kappa shape index (κ1) is 20.1. The third kappa shape index (κ3) is 4.52. The van der Waals surface area contributed by atoms with Crippen molar-refractivity contribution in [2.24, 2.45) is 5.92 Å². The highest BCUT2D eigenvalue weighted by Crippen LogP contribution is 2.25. The minimum Gasteiger partial charge on any atom is -0.490 e. The number of methoxy groups -OCH3 is 1. The zero-order valence-electron chi connectivity index (χ0n) is 17.0. The summed E-state index contributed by atoms with van der Waals surface area (Å²) in [5.41, 5.74) is 2.80. The maximum Gasteiger partial charge on any atom is 0.227 e. The molecular weight excluding hydrogens is 378 g/mol. The molecule has 1 aliphatic rings. The number of rotatable bonds is 6. The standard InChI is InChI=1S/C25H25NO4/c1-29-24-17-30-22(14-23(24)27)16-26-13-5-8-21(15-26)25(28)20-11-9-19(10-12-20)18-6-3-2-4-7-18/h2-4,6-7,9-12,14,17,21H,5,8,13,15-16H2,1H3/t21-/m0/s1. The number of benzene rings is 2. The molecule has 1 saturated heterocycles. The van der Waals surface area contributed by atoms with Crippen molar-refractivity contribution < 1.29 is 13.9 Å². The van der Waals surface area contributed by atoms with Crippen molar-refractivity contribution in [1.29, 1.82) is 0 Å². The monoisotopic (exact) mass is 403 g/mol. The van der Waals surface area contributed by atoms with Crippen LogP contribution in [0.2, 0.25) is 0 Å². The van der Waals surface area contributed by atoms with Gasteiger partial charge in [0.05, 0.1) is 13.7 Å². The van der Waals surface area contributed by atoms with Crippen LogP contribution in [0.3, 0.4) is 0 Å². The van der Waals surface area contributed by atoms with Crippen molar-refractivity contribution in [1.82, 2.24) is 4.90 Å². The van der Waals surface area contributed by atoms with Crippen LogP contribution in [0.1, 0.15) is 29.0 Å². The van der Waals surface area contributed by atoms with Gasteiger partial charge in [-0.05, 0) is 30.5 Å². The molecule has 1 aromatic heterocycles. The van der Waals surface area contributed by atoms with Crippen molar-refractivity contribution in [2.45, 2.75) is 19.4 Å². The molecule has 0 aliphatic carbocycles. The van der Waals surface area contributed by atoms with Gasteiger partial charge in [0.2, 0.25) is 11.2 Å². The molecule has 30 heavy (non-hydrogen) atoms. The zero-order valence-corrected chi connectivity index (χ0v) is 17.0. The van der Waals surface area contributed by atoms with Gasteiger partial charge >= 0.3 is 0 Å². The van der Waals surface area contributed by atoms with E-state index in [-0.39, 0.29) is 22.9 Å². The van der Waals surface area contributed by atoms with Crippen LogP contribution in [0.4, 0.5) is 0 Å². The summed E-state index contributed by atoms with van der Waals surface area (Å²) in [6.07, 6.45) is 3.17. The van der Waals surface area contributed by atoms with Crippen molar-refractivity contribution >= 4 is 5.78 Å². The molecule has 0 unspecified atom stereocenters. The molecule has 0 saturated carbocycles. The minimum atomic E-state index is -0.193. The van der Waals surface area contributed by atoms with Gasteiger partial charge < -0.3 is 9.15 Å². The lowest BCUT2D eigenvalue weighted by atomic mass is 9.89. The quantitative estimate of drug-likeness (QED) is 0.571. The molecule has 1 fully saturated rings. The molecule has 0 bridgehead atoms. The van der Waals surface area contributed by atoms with Gasteiger partial charge in [-0.25, -0.2) is 0 Å². The van der Waals surface area contributed by atoms with E-state index in [9.17, 15) is 9.59 Å². The zero-order chi connectivity index (χ0) is 20.9. The largest absolute Gasteiger partial charge is 0.490 e. The first-order valence-corrected chi connectivity index (χ1v) is 10.2. The number of carbonyl (C=O) groups excluding carboxylic acids is 1. The highest BCUT2D eigenvalue weighted by molar-refractivity contribution is 5.98. The Hall–Kier alpha value is -3.18. The summed E-state index contributed by atoms with van der Waals surface area (Å²) in [6.45, 7) is 2.05. The van der Waals surface area contributed by atoms with Crippen LogP contribution >= 0.6 is 0 Å². The summed E-state index contributed by atoms with van der Waals surface area (Å²) in [4.78, 5) is 27.2. The van der Waals surface area contributed by atoms with E-state index in [0.717, 1.165) is 36.1 Å². The predicted octanol–water partition coefficient (Wildman–Crippen LogP) is 4.41. The van der Waals surface area contributed by atoms with E-state index in [2.05, 4.69) is 17.0 Å². The number of ether oxygens (including phenoxy) is 1. The van der Waals surface area contributed by atoms with Crippen LogP contribution in [0.5, 0.6) is 5.75 Å². The molecule has 4 rings (SSSR count). The van der Waals surface area contributed by atoms with Gasteiger partial charge in [-0.2, -0.15) is 0 Å². The van der Waals surface area contributed by atoms with Crippen LogP contribution in [-0.4, -0.2) is 30.9 Å². The summed E-state index contributed by atoms with van der Waals surface area (Å²) in [7, 11) is 1.44. The summed E-state index contributed by atoms with van der Waals surface area (Å²) < 4.78 is 10.5. The fourth-order valence-corrected chi connectivity index (χ4v) is 4.00. The first-order valence-electron chi connectivity index (χ1n) is 10.2. The number of likely N-dealkylation sites (tertiary alicyclic amines) is 1. The average Bonchev–Trinajstić information content (AvgIpc) is 2.80. The third-order valence-corrected chi connectivity index (χ3v) is 5.60. The van der Waals surface area contributed by atoms with Gasteiger partial charge in [-0.3, -0.25) is 14.5 Å². The van der Waals surface area contributed by atoms with Gasteiger partial charge in [-0.15, -0.1) is 0 Å². The Labute approximate surface area is 175 Å². The van der Waals surface area contributed by atoms with Crippen LogP contribution < -0.4 is 10.2 Å². The van der Waals surface area contributed by atoms with E-state index >= 15 is 0 Å².